The molecule has 0 aliphatic heterocycles. The molecule has 3 nitrogen and oxygen atoms in total. The van der Waals surface area contributed by atoms with Gasteiger partial charge in [-0.05, 0) is 31.5 Å². The van der Waals surface area contributed by atoms with E-state index >= 15 is 0 Å². The van der Waals surface area contributed by atoms with Crippen molar-refractivity contribution in [1.29, 1.82) is 0 Å². The summed E-state index contributed by atoms with van der Waals surface area (Å²) in [5.41, 5.74) is -1.11. The van der Waals surface area contributed by atoms with Crippen molar-refractivity contribution in [3.63, 3.8) is 0 Å². The van der Waals surface area contributed by atoms with Crippen LogP contribution in [0.25, 0.3) is 0 Å². The zero-order valence-electron chi connectivity index (χ0n) is 9.83. The minimum absolute atomic E-state index is 0.0974. The number of benzene rings is 1. The summed E-state index contributed by atoms with van der Waals surface area (Å²) in [5.74, 6) is -1.90. The molecule has 0 bridgehead atoms. The van der Waals surface area contributed by atoms with E-state index in [0.29, 0.717) is 5.56 Å². The second-order valence-corrected chi connectivity index (χ2v) is 4.43. The van der Waals surface area contributed by atoms with Crippen LogP contribution in [0, 0.1) is 11.7 Å². The zero-order valence-corrected chi connectivity index (χ0v) is 10.6. The Kier molecular flexibility index (Phi) is 4.11. The first kappa shape index (κ1) is 13.9. The lowest BCUT2D eigenvalue weighted by Crippen LogP contribution is -2.36. The molecule has 1 rings (SSSR count). The summed E-state index contributed by atoms with van der Waals surface area (Å²) < 4.78 is 17.6. The number of ether oxygens (including phenoxy) is 1. The highest BCUT2D eigenvalue weighted by Crippen LogP contribution is 2.32. The molecule has 2 atom stereocenters. The third kappa shape index (κ3) is 2.76. The topological polar surface area (TPSA) is 46.5 Å². The minimum Gasteiger partial charge on any atom is -0.469 e. The number of rotatable bonds is 3. The first-order valence-electron chi connectivity index (χ1n) is 5.06. The molecule has 0 heterocycles. The van der Waals surface area contributed by atoms with Crippen LogP contribution in [0.5, 0.6) is 0 Å². The van der Waals surface area contributed by atoms with Crippen LogP contribution in [0.4, 0.5) is 4.39 Å². The van der Waals surface area contributed by atoms with E-state index in [0.717, 1.165) is 6.07 Å². The standard InChI is InChI=1S/C12H14ClFO3/c1-7(11(15)17-3)12(2,16)8-4-5-10(14)9(13)6-8/h4-7,16H,1-3H3. The van der Waals surface area contributed by atoms with Crippen LogP contribution >= 0.6 is 11.6 Å². The lowest BCUT2D eigenvalue weighted by atomic mass is 9.84. The number of hydrogen-bond donors (Lipinski definition) is 1. The number of hydrogen-bond acceptors (Lipinski definition) is 3. The fourth-order valence-electron chi connectivity index (χ4n) is 1.47. The van der Waals surface area contributed by atoms with E-state index in [-0.39, 0.29) is 5.02 Å². The molecule has 0 radical (unpaired) electrons. The molecule has 0 amide bonds. The number of methoxy groups -OCH3 is 1. The Morgan fingerprint density at radius 3 is 2.65 bits per heavy atom. The number of carbonyl (C=O) groups excluding carboxylic acids is 1. The molecule has 0 aromatic heterocycles. The summed E-state index contributed by atoms with van der Waals surface area (Å²) in [7, 11) is 1.24. The van der Waals surface area contributed by atoms with Crippen LogP contribution < -0.4 is 0 Å². The molecule has 1 N–H and O–H groups in total. The highest BCUT2D eigenvalue weighted by molar-refractivity contribution is 6.30. The van der Waals surface area contributed by atoms with Crippen LogP contribution in [-0.4, -0.2) is 18.2 Å². The van der Waals surface area contributed by atoms with Gasteiger partial charge in [0.05, 0.1) is 23.7 Å². The van der Waals surface area contributed by atoms with Crippen LogP contribution in [0.2, 0.25) is 5.02 Å². The van der Waals surface area contributed by atoms with E-state index in [9.17, 15) is 14.3 Å². The average molecular weight is 261 g/mol. The second-order valence-electron chi connectivity index (χ2n) is 4.02. The first-order chi connectivity index (χ1) is 7.80. The third-order valence-corrected chi connectivity index (χ3v) is 3.19. The molecule has 0 saturated carbocycles. The summed E-state index contributed by atoms with van der Waals surface area (Å²) in [6.45, 7) is 2.99. The molecule has 2 unspecified atom stereocenters. The summed E-state index contributed by atoms with van der Waals surface area (Å²) in [6, 6.07) is 3.84. The van der Waals surface area contributed by atoms with Crippen molar-refractivity contribution in [2.24, 2.45) is 5.92 Å². The first-order valence-corrected chi connectivity index (χ1v) is 5.44. The smallest absolute Gasteiger partial charge is 0.311 e. The van der Waals surface area contributed by atoms with Gasteiger partial charge in [0.25, 0.3) is 0 Å². The maximum atomic E-state index is 13.0. The van der Waals surface area contributed by atoms with Crippen molar-refractivity contribution < 1.29 is 19.0 Å². The Labute approximate surface area is 104 Å². The quantitative estimate of drug-likeness (QED) is 0.850. The molecule has 0 spiro atoms. The van der Waals surface area contributed by atoms with Gasteiger partial charge in [-0.2, -0.15) is 0 Å². The predicted octanol–water partition coefficient (Wildman–Crippen LogP) is 2.50. The monoisotopic (exact) mass is 260 g/mol. The van der Waals surface area contributed by atoms with E-state index in [2.05, 4.69) is 4.74 Å². The van der Waals surface area contributed by atoms with E-state index in [1.165, 1.54) is 33.1 Å². The number of esters is 1. The maximum Gasteiger partial charge on any atom is 0.311 e. The van der Waals surface area contributed by atoms with E-state index in [4.69, 9.17) is 11.6 Å². The summed E-state index contributed by atoms with van der Waals surface area (Å²) in [6.07, 6.45) is 0. The van der Waals surface area contributed by atoms with E-state index in [1.807, 2.05) is 0 Å². The lowest BCUT2D eigenvalue weighted by molar-refractivity contribution is -0.154. The summed E-state index contributed by atoms with van der Waals surface area (Å²) in [4.78, 5) is 11.4. The van der Waals surface area contributed by atoms with Crippen LogP contribution in [-0.2, 0) is 15.1 Å². The van der Waals surface area contributed by atoms with Crippen molar-refractivity contribution in [1.82, 2.24) is 0 Å². The number of halogens is 2. The van der Waals surface area contributed by atoms with Crippen LogP contribution in [0.3, 0.4) is 0 Å². The maximum absolute atomic E-state index is 13.0. The molecular formula is C12H14ClFO3. The average Bonchev–Trinajstić information content (AvgIpc) is 2.30. The van der Waals surface area contributed by atoms with Gasteiger partial charge >= 0.3 is 5.97 Å². The van der Waals surface area contributed by atoms with Gasteiger partial charge in [-0.1, -0.05) is 17.7 Å². The molecule has 1 aromatic rings. The second kappa shape index (κ2) is 5.02. The molecule has 0 aliphatic carbocycles. The minimum atomic E-state index is -1.47. The molecule has 0 saturated heterocycles. The Balaban J connectivity index is 3.11. The van der Waals surface area contributed by atoms with Crippen molar-refractivity contribution >= 4 is 17.6 Å². The van der Waals surface area contributed by atoms with Crippen molar-refractivity contribution in [3.8, 4) is 0 Å². The largest absolute Gasteiger partial charge is 0.469 e. The lowest BCUT2D eigenvalue weighted by Gasteiger charge is -2.29. The Morgan fingerprint density at radius 2 is 2.18 bits per heavy atom. The number of carbonyl (C=O) groups is 1. The Bertz CT molecular complexity index is 432. The molecule has 5 heteroatoms. The van der Waals surface area contributed by atoms with Gasteiger partial charge in [-0.3, -0.25) is 4.79 Å². The third-order valence-electron chi connectivity index (χ3n) is 2.90. The SMILES string of the molecule is COC(=O)C(C)C(C)(O)c1ccc(F)c(Cl)c1. The Hall–Kier alpha value is -1.13. The molecule has 17 heavy (non-hydrogen) atoms. The van der Waals surface area contributed by atoms with Gasteiger partial charge in [0.2, 0.25) is 0 Å². The molecular weight excluding hydrogens is 247 g/mol. The molecule has 0 fully saturated rings. The predicted molar refractivity (Wildman–Crippen MR) is 62.2 cm³/mol. The van der Waals surface area contributed by atoms with E-state index in [1.54, 1.807) is 0 Å². The number of aliphatic hydroxyl groups is 1. The molecule has 1 aromatic carbocycles. The van der Waals surface area contributed by atoms with Crippen molar-refractivity contribution in [2.75, 3.05) is 7.11 Å². The molecule has 0 aliphatic rings. The van der Waals surface area contributed by atoms with E-state index < -0.39 is 23.3 Å². The van der Waals surface area contributed by atoms with Gasteiger partial charge in [0, 0.05) is 0 Å². The highest BCUT2D eigenvalue weighted by atomic mass is 35.5. The van der Waals surface area contributed by atoms with Gasteiger partial charge in [-0.15, -0.1) is 0 Å². The van der Waals surface area contributed by atoms with Crippen molar-refractivity contribution in [3.05, 3.63) is 34.6 Å². The Morgan fingerprint density at radius 1 is 1.59 bits per heavy atom. The fraction of sp³-hybridized carbons (Fsp3) is 0.417. The highest BCUT2D eigenvalue weighted by Gasteiger charge is 2.36. The summed E-state index contributed by atoms with van der Waals surface area (Å²) >= 11 is 5.64. The molecule has 94 valence electrons. The van der Waals surface area contributed by atoms with Gasteiger partial charge < -0.3 is 9.84 Å². The van der Waals surface area contributed by atoms with Gasteiger partial charge in [0.15, 0.2) is 0 Å². The zero-order chi connectivity index (χ0) is 13.2. The van der Waals surface area contributed by atoms with Gasteiger partial charge in [-0.25, -0.2) is 4.39 Å². The van der Waals surface area contributed by atoms with Crippen molar-refractivity contribution in [2.45, 2.75) is 19.4 Å². The van der Waals surface area contributed by atoms with Crippen LogP contribution in [0.1, 0.15) is 19.4 Å². The van der Waals surface area contributed by atoms with Crippen LogP contribution in [0.15, 0.2) is 18.2 Å². The fourth-order valence-corrected chi connectivity index (χ4v) is 1.65. The summed E-state index contributed by atoms with van der Waals surface area (Å²) in [5, 5.41) is 10.2. The normalized spacial score (nSPS) is 16.1. The van der Waals surface area contributed by atoms with Gasteiger partial charge in [0.1, 0.15) is 5.82 Å².